The van der Waals surface area contributed by atoms with Crippen LogP contribution in [0.15, 0.2) is 17.5 Å². The van der Waals surface area contributed by atoms with Crippen LogP contribution in [0, 0.1) is 0 Å². The molecule has 2 aliphatic heterocycles. The zero-order chi connectivity index (χ0) is 16.7. The van der Waals surface area contributed by atoms with Crippen molar-refractivity contribution in [1.29, 1.82) is 0 Å². The van der Waals surface area contributed by atoms with Crippen molar-refractivity contribution in [3.8, 4) is 0 Å². The lowest BCUT2D eigenvalue weighted by atomic mass is 9.94. The first-order chi connectivity index (χ1) is 11.7. The van der Waals surface area contributed by atoms with Gasteiger partial charge < -0.3 is 9.80 Å². The summed E-state index contributed by atoms with van der Waals surface area (Å²) in [6, 6.07) is 3.04. The fraction of sp³-hybridized carbons (Fsp3) is 0.588. The highest BCUT2D eigenvalue weighted by atomic mass is 32.1. The molecule has 6 nitrogen and oxygen atoms in total. The van der Waals surface area contributed by atoms with Crippen LogP contribution in [0.25, 0.3) is 0 Å². The van der Waals surface area contributed by atoms with E-state index in [0.29, 0.717) is 24.5 Å². The molecule has 1 aliphatic carbocycles. The summed E-state index contributed by atoms with van der Waals surface area (Å²) in [7, 11) is 0. The van der Waals surface area contributed by atoms with Crippen LogP contribution < -0.4 is 0 Å². The van der Waals surface area contributed by atoms with E-state index in [1.807, 2.05) is 11.4 Å². The molecule has 3 fully saturated rings. The first-order valence-electron chi connectivity index (χ1n) is 8.63. The number of hydrogen-bond acceptors (Lipinski definition) is 4. The van der Waals surface area contributed by atoms with Gasteiger partial charge in [-0.15, -0.1) is 11.3 Å². The average molecular weight is 347 g/mol. The van der Waals surface area contributed by atoms with Gasteiger partial charge in [0.1, 0.15) is 6.04 Å². The van der Waals surface area contributed by atoms with Gasteiger partial charge in [-0.2, -0.15) is 0 Å². The minimum Gasteiger partial charge on any atom is -0.334 e. The number of urea groups is 1. The molecule has 0 N–H and O–H groups in total. The molecular weight excluding hydrogens is 326 g/mol. The first-order valence-corrected chi connectivity index (χ1v) is 9.51. The SMILES string of the molecule is O=C(c1cccs1)N1CCN2C(=O)N(C3CCCCC3)C(=O)[C@@H]2C1. The number of nitrogens with zero attached hydrogens (tertiary/aromatic N) is 3. The van der Waals surface area contributed by atoms with E-state index < -0.39 is 6.04 Å². The van der Waals surface area contributed by atoms with Crippen LogP contribution in [0.4, 0.5) is 4.79 Å². The zero-order valence-electron chi connectivity index (χ0n) is 13.5. The Labute approximate surface area is 145 Å². The minimum atomic E-state index is -0.503. The van der Waals surface area contributed by atoms with Gasteiger partial charge in [-0.1, -0.05) is 25.3 Å². The van der Waals surface area contributed by atoms with Gasteiger partial charge >= 0.3 is 6.03 Å². The summed E-state index contributed by atoms with van der Waals surface area (Å²) in [5.74, 6) is -0.156. The Kier molecular flexibility index (Phi) is 4.04. The smallest absolute Gasteiger partial charge is 0.327 e. The molecule has 2 saturated heterocycles. The fourth-order valence-electron chi connectivity index (χ4n) is 4.03. The van der Waals surface area contributed by atoms with Crippen LogP contribution in [0.1, 0.15) is 41.8 Å². The van der Waals surface area contributed by atoms with Gasteiger partial charge in [0, 0.05) is 19.1 Å². The predicted octanol–water partition coefficient (Wildman–Crippen LogP) is 2.17. The summed E-state index contributed by atoms with van der Waals surface area (Å²) in [6.45, 7) is 1.24. The lowest BCUT2D eigenvalue weighted by Crippen LogP contribution is -2.54. The Morgan fingerprint density at radius 3 is 2.62 bits per heavy atom. The van der Waals surface area contributed by atoms with Crippen LogP contribution in [-0.4, -0.2) is 64.3 Å². The Balaban J connectivity index is 1.50. The Bertz CT molecular complexity index is 654. The van der Waals surface area contributed by atoms with E-state index in [1.165, 1.54) is 22.7 Å². The molecule has 7 heteroatoms. The molecule has 1 aromatic rings. The molecule has 0 aromatic carbocycles. The molecule has 0 bridgehead atoms. The summed E-state index contributed by atoms with van der Waals surface area (Å²) in [6.07, 6.45) is 5.17. The number of rotatable bonds is 2. The van der Waals surface area contributed by atoms with Gasteiger partial charge in [0.25, 0.3) is 11.8 Å². The zero-order valence-corrected chi connectivity index (χ0v) is 14.3. The molecule has 1 saturated carbocycles. The average Bonchev–Trinajstić information content (AvgIpc) is 3.23. The monoisotopic (exact) mass is 347 g/mol. The molecule has 4 rings (SSSR count). The van der Waals surface area contributed by atoms with Crippen molar-refractivity contribution in [3.63, 3.8) is 0 Å². The van der Waals surface area contributed by atoms with Crippen LogP contribution in [0.3, 0.4) is 0 Å². The van der Waals surface area contributed by atoms with E-state index in [9.17, 15) is 14.4 Å². The third-order valence-electron chi connectivity index (χ3n) is 5.31. The first kappa shape index (κ1) is 15.6. The van der Waals surface area contributed by atoms with Crippen molar-refractivity contribution in [2.45, 2.75) is 44.2 Å². The highest BCUT2D eigenvalue weighted by molar-refractivity contribution is 7.12. The minimum absolute atomic E-state index is 0.0407. The lowest BCUT2D eigenvalue weighted by Gasteiger charge is -2.35. The summed E-state index contributed by atoms with van der Waals surface area (Å²) >= 11 is 1.41. The van der Waals surface area contributed by atoms with Crippen molar-refractivity contribution in [2.24, 2.45) is 0 Å². The van der Waals surface area contributed by atoms with E-state index in [-0.39, 0.29) is 23.9 Å². The molecule has 3 aliphatic rings. The molecule has 0 spiro atoms. The summed E-state index contributed by atoms with van der Waals surface area (Å²) < 4.78 is 0. The second-order valence-corrected chi connectivity index (χ2v) is 7.67. The maximum atomic E-state index is 12.8. The van der Waals surface area contributed by atoms with Gasteiger partial charge in [-0.3, -0.25) is 14.5 Å². The summed E-state index contributed by atoms with van der Waals surface area (Å²) in [5.41, 5.74) is 0. The quantitative estimate of drug-likeness (QED) is 0.771. The third-order valence-corrected chi connectivity index (χ3v) is 6.17. The number of imide groups is 1. The molecule has 128 valence electrons. The second-order valence-electron chi connectivity index (χ2n) is 6.72. The topological polar surface area (TPSA) is 60.9 Å². The lowest BCUT2D eigenvalue weighted by molar-refractivity contribution is -0.131. The van der Waals surface area contributed by atoms with Crippen molar-refractivity contribution in [2.75, 3.05) is 19.6 Å². The van der Waals surface area contributed by atoms with Crippen LogP contribution >= 0.6 is 11.3 Å². The molecule has 3 heterocycles. The van der Waals surface area contributed by atoms with Crippen molar-refractivity contribution < 1.29 is 14.4 Å². The Morgan fingerprint density at radius 1 is 1.12 bits per heavy atom. The standard InChI is InChI=1S/C17H21N3O3S/c21-15-13-11-18(16(22)14-7-4-10-24-14)8-9-19(13)17(23)20(15)12-5-2-1-3-6-12/h4,7,10,12-13H,1-3,5-6,8-9,11H2/t13-/m0/s1. The van der Waals surface area contributed by atoms with Crippen molar-refractivity contribution in [1.82, 2.24) is 14.7 Å². The Hall–Kier alpha value is -1.89. The van der Waals surface area contributed by atoms with Crippen LogP contribution in [-0.2, 0) is 4.79 Å². The molecule has 0 radical (unpaired) electrons. The number of fused-ring (bicyclic) bond motifs is 1. The normalized spacial score (nSPS) is 25.3. The number of carbonyl (C=O) groups is 3. The van der Waals surface area contributed by atoms with E-state index in [2.05, 4.69) is 0 Å². The van der Waals surface area contributed by atoms with E-state index in [4.69, 9.17) is 0 Å². The van der Waals surface area contributed by atoms with Gasteiger partial charge in [0.05, 0.1) is 11.4 Å². The third kappa shape index (κ3) is 2.51. The number of carbonyl (C=O) groups excluding carboxylic acids is 3. The van der Waals surface area contributed by atoms with Crippen LogP contribution in [0.2, 0.25) is 0 Å². The highest BCUT2D eigenvalue weighted by Crippen LogP contribution is 2.30. The molecule has 1 aromatic heterocycles. The highest BCUT2D eigenvalue weighted by Gasteiger charge is 2.50. The maximum Gasteiger partial charge on any atom is 0.327 e. The molecular formula is C17H21N3O3S. The van der Waals surface area contributed by atoms with E-state index in [1.54, 1.807) is 15.9 Å². The van der Waals surface area contributed by atoms with Gasteiger partial charge in [0.2, 0.25) is 0 Å². The molecule has 0 unspecified atom stereocenters. The molecule has 1 atom stereocenters. The largest absolute Gasteiger partial charge is 0.334 e. The molecule has 4 amide bonds. The van der Waals surface area contributed by atoms with E-state index >= 15 is 0 Å². The maximum absolute atomic E-state index is 12.8. The van der Waals surface area contributed by atoms with Gasteiger partial charge in [-0.05, 0) is 24.3 Å². The van der Waals surface area contributed by atoms with Gasteiger partial charge in [0.15, 0.2) is 0 Å². The van der Waals surface area contributed by atoms with Crippen molar-refractivity contribution >= 4 is 29.2 Å². The van der Waals surface area contributed by atoms with Gasteiger partial charge in [-0.25, -0.2) is 4.79 Å². The summed E-state index contributed by atoms with van der Waals surface area (Å²) in [4.78, 5) is 43.6. The number of piperazine rings is 1. The number of amides is 4. The summed E-state index contributed by atoms with van der Waals surface area (Å²) in [5, 5.41) is 1.87. The van der Waals surface area contributed by atoms with E-state index in [0.717, 1.165) is 25.7 Å². The van der Waals surface area contributed by atoms with Crippen molar-refractivity contribution in [3.05, 3.63) is 22.4 Å². The predicted molar refractivity (Wildman–Crippen MR) is 89.8 cm³/mol. The van der Waals surface area contributed by atoms with Crippen LogP contribution in [0.5, 0.6) is 0 Å². The fourth-order valence-corrected chi connectivity index (χ4v) is 4.72. The number of thiophene rings is 1. The number of hydrogen-bond donors (Lipinski definition) is 0. The second kappa shape index (κ2) is 6.20. The Morgan fingerprint density at radius 2 is 1.92 bits per heavy atom. The molecule has 24 heavy (non-hydrogen) atoms.